The molecular formula is C13H19BrN2OS. The van der Waals surface area contributed by atoms with E-state index in [0.717, 1.165) is 36.3 Å². The molecule has 0 heterocycles. The molecule has 3 nitrogen and oxygen atoms in total. The van der Waals surface area contributed by atoms with Gasteiger partial charge >= 0.3 is 0 Å². The predicted molar refractivity (Wildman–Crippen MR) is 84.2 cm³/mol. The SMILES string of the molecule is CCOCCCNC(=S)Nc1cccc(C)c1Br. The second kappa shape index (κ2) is 8.45. The van der Waals surface area contributed by atoms with Crippen molar-refractivity contribution in [2.24, 2.45) is 0 Å². The van der Waals surface area contributed by atoms with E-state index >= 15 is 0 Å². The van der Waals surface area contributed by atoms with E-state index in [0.29, 0.717) is 5.11 Å². The van der Waals surface area contributed by atoms with Gasteiger partial charge in [0, 0.05) is 24.2 Å². The molecule has 18 heavy (non-hydrogen) atoms. The molecule has 0 saturated carbocycles. The first-order valence-electron chi connectivity index (χ1n) is 6.03. The van der Waals surface area contributed by atoms with Crippen molar-refractivity contribution in [2.45, 2.75) is 20.3 Å². The number of halogens is 1. The molecule has 100 valence electrons. The summed E-state index contributed by atoms with van der Waals surface area (Å²) in [6.07, 6.45) is 0.949. The van der Waals surface area contributed by atoms with E-state index in [2.05, 4.69) is 26.6 Å². The molecular weight excluding hydrogens is 312 g/mol. The number of anilines is 1. The van der Waals surface area contributed by atoms with E-state index in [1.807, 2.05) is 32.0 Å². The third-order valence-corrected chi connectivity index (χ3v) is 3.69. The van der Waals surface area contributed by atoms with Crippen molar-refractivity contribution in [3.8, 4) is 0 Å². The lowest BCUT2D eigenvalue weighted by Gasteiger charge is -2.12. The van der Waals surface area contributed by atoms with Crippen molar-refractivity contribution in [1.82, 2.24) is 5.32 Å². The van der Waals surface area contributed by atoms with Crippen LogP contribution in [0.2, 0.25) is 0 Å². The smallest absolute Gasteiger partial charge is 0.170 e. The summed E-state index contributed by atoms with van der Waals surface area (Å²) in [5.41, 5.74) is 2.16. The van der Waals surface area contributed by atoms with Crippen molar-refractivity contribution in [3.05, 3.63) is 28.2 Å². The van der Waals surface area contributed by atoms with E-state index in [1.165, 1.54) is 5.56 Å². The number of hydrogen-bond donors (Lipinski definition) is 2. The average Bonchev–Trinajstić information content (AvgIpc) is 2.35. The third-order valence-electron chi connectivity index (χ3n) is 2.40. The van der Waals surface area contributed by atoms with Gasteiger partial charge in [-0.1, -0.05) is 12.1 Å². The summed E-state index contributed by atoms with van der Waals surface area (Å²) in [7, 11) is 0. The van der Waals surface area contributed by atoms with Gasteiger partial charge in [0.25, 0.3) is 0 Å². The molecule has 0 spiro atoms. The highest BCUT2D eigenvalue weighted by molar-refractivity contribution is 9.10. The first-order chi connectivity index (χ1) is 8.65. The monoisotopic (exact) mass is 330 g/mol. The van der Waals surface area contributed by atoms with Gasteiger partial charge < -0.3 is 15.4 Å². The number of rotatable bonds is 6. The molecule has 0 aliphatic rings. The van der Waals surface area contributed by atoms with Crippen LogP contribution in [0.1, 0.15) is 18.9 Å². The Labute approximate surface area is 122 Å². The maximum absolute atomic E-state index is 5.26. The topological polar surface area (TPSA) is 33.3 Å². The van der Waals surface area contributed by atoms with Crippen molar-refractivity contribution >= 4 is 38.9 Å². The molecule has 0 radical (unpaired) electrons. The van der Waals surface area contributed by atoms with Crippen LogP contribution in [0, 0.1) is 6.92 Å². The van der Waals surface area contributed by atoms with Crippen LogP contribution in [-0.4, -0.2) is 24.9 Å². The van der Waals surface area contributed by atoms with Crippen LogP contribution in [0.4, 0.5) is 5.69 Å². The van der Waals surface area contributed by atoms with Crippen LogP contribution in [0.3, 0.4) is 0 Å². The molecule has 1 rings (SSSR count). The van der Waals surface area contributed by atoms with Crippen LogP contribution in [-0.2, 0) is 4.74 Å². The minimum atomic E-state index is 0.637. The molecule has 0 bridgehead atoms. The molecule has 0 fully saturated rings. The Bertz CT molecular complexity index is 399. The van der Waals surface area contributed by atoms with Crippen LogP contribution < -0.4 is 10.6 Å². The summed E-state index contributed by atoms with van der Waals surface area (Å²) in [6, 6.07) is 6.04. The Morgan fingerprint density at radius 2 is 2.22 bits per heavy atom. The predicted octanol–water partition coefficient (Wildman–Crippen LogP) is 3.47. The van der Waals surface area contributed by atoms with Gasteiger partial charge in [0.15, 0.2) is 5.11 Å². The summed E-state index contributed by atoms with van der Waals surface area (Å²) in [4.78, 5) is 0. The van der Waals surface area contributed by atoms with Crippen LogP contribution in [0.15, 0.2) is 22.7 Å². The summed E-state index contributed by atoms with van der Waals surface area (Å²) in [6.45, 7) is 6.39. The van der Waals surface area contributed by atoms with Gasteiger partial charge in [0.05, 0.1) is 5.69 Å². The van der Waals surface area contributed by atoms with E-state index in [-0.39, 0.29) is 0 Å². The molecule has 0 atom stereocenters. The molecule has 0 aliphatic carbocycles. The number of thiocarbonyl (C=S) groups is 1. The van der Waals surface area contributed by atoms with Gasteiger partial charge in [-0.05, 0) is 60.0 Å². The molecule has 1 aromatic rings. The molecule has 2 N–H and O–H groups in total. The quantitative estimate of drug-likeness (QED) is 0.618. The summed E-state index contributed by atoms with van der Waals surface area (Å²) < 4.78 is 6.30. The van der Waals surface area contributed by atoms with Gasteiger partial charge in [-0.25, -0.2) is 0 Å². The Balaban J connectivity index is 2.34. The van der Waals surface area contributed by atoms with Crippen molar-refractivity contribution in [2.75, 3.05) is 25.1 Å². The number of nitrogens with one attached hydrogen (secondary N) is 2. The minimum absolute atomic E-state index is 0.637. The second-order valence-corrected chi connectivity index (χ2v) is 5.07. The van der Waals surface area contributed by atoms with Crippen molar-refractivity contribution < 1.29 is 4.74 Å². The zero-order chi connectivity index (χ0) is 13.4. The summed E-state index contributed by atoms with van der Waals surface area (Å²) >= 11 is 8.77. The van der Waals surface area contributed by atoms with Crippen molar-refractivity contribution in [3.63, 3.8) is 0 Å². The number of aryl methyl sites for hydroxylation is 1. The normalized spacial score (nSPS) is 10.2. The number of ether oxygens (including phenoxy) is 1. The Morgan fingerprint density at radius 3 is 2.94 bits per heavy atom. The van der Waals surface area contributed by atoms with Crippen molar-refractivity contribution in [1.29, 1.82) is 0 Å². The molecule has 0 aliphatic heterocycles. The Morgan fingerprint density at radius 1 is 1.44 bits per heavy atom. The number of benzene rings is 1. The van der Waals surface area contributed by atoms with Crippen LogP contribution in [0.5, 0.6) is 0 Å². The minimum Gasteiger partial charge on any atom is -0.382 e. The standard InChI is InChI=1S/C13H19BrN2OS/c1-3-17-9-5-8-15-13(18)16-11-7-4-6-10(2)12(11)14/h4,6-7H,3,5,8-9H2,1-2H3,(H2,15,16,18). The van der Waals surface area contributed by atoms with E-state index in [4.69, 9.17) is 17.0 Å². The highest BCUT2D eigenvalue weighted by Gasteiger charge is 2.03. The average molecular weight is 331 g/mol. The molecule has 1 aromatic carbocycles. The second-order valence-electron chi connectivity index (χ2n) is 3.87. The molecule has 0 aromatic heterocycles. The molecule has 0 saturated heterocycles. The largest absolute Gasteiger partial charge is 0.382 e. The summed E-state index contributed by atoms with van der Waals surface area (Å²) in [5.74, 6) is 0. The lowest BCUT2D eigenvalue weighted by Crippen LogP contribution is -2.30. The van der Waals surface area contributed by atoms with Gasteiger partial charge in [0.2, 0.25) is 0 Å². The third kappa shape index (κ3) is 5.33. The Hall–Kier alpha value is -0.650. The van der Waals surface area contributed by atoms with Crippen LogP contribution in [0.25, 0.3) is 0 Å². The van der Waals surface area contributed by atoms with Gasteiger partial charge in [-0.3, -0.25) is 0 Å². The fraction of sp³-hybridized carbons (Fsp3) is 0.462. The first kappa shape index (κ1) is 15.4. The molecule has 5 heteroatoms. The first-order valence-corrected chi connectivity index (χ1v) is 7.23. The number of hydrogen-bond acceptors (Lipinski definition) is 2. The van der Waals surface area contributed by atoms with Gasteiger partial charge in [-0.2, -0.15) is 0 Å². The zero-order valence-corrected chi connectivity index (χ0v) is 13.2. The van der Waals surface area contributed by atoms with E-state index in [1.54, 1.807) is 0 Å². The maximum Gasteiger partial charge on any atom is 0.170 e. The van der Waals surface area contributed by atoms with Gasteiger partial charge in [0.1, 0.15) is 0 Å². The van der Waals surface area contributed by atoms with E-state index in [9.17, 15) is 0 Å². The zero-order valence-electron chi connectivity index (χ0n) is 10.8. The highest BCUT2D eigenvalue weighted by atomic mass is 79.9. The summed E-state index contributed by atoms with van der Waals surface area (Å²) in [5, 5.41) is 6.97. The molecule has 0 unspecified atom stereocenters. The maximum atomic E-state index is 5.26. The lowest BCUT2D eigenvalue weighted by atomic mass is 10.2. The Kier molecular flexibility index (Phi) is 7.23. The fourth-order valence-corrected chi connectivity index (χ4v) is 2.01. The van der Waals surface area contributed by atoms with Crippen LogP contribution >= 0.6 is 28.1 Å². The molecule has 0 amide bonds. The fourth-order valence-electron chi connectivity index (χ4n) is 1.43. The van der Waals surface area contributed by atoms with Gasteiger partial charge in [-0.15, -0.1) is 0 Å². The van der Waals surface area contributed by atoms with E-state index < -0.39 is 0 Å². The highest BCUT2D eigenvalue weighted by Crippen LogP contribution is 2.25. The lowest BCUT2D eigenvalue weighted by molar-refractivity contribution is 0.146.